The summed E-state index contributed by atoms with van der Waals surface area (Å²) in [5.74, 6) is -1.15. The van der Waals surface area contributed by atoms with Gasteiger partial charge >= 0.3 is 0 Å². The molecule has 2 fully saturated rings. The maximum absolute atomic E-state index is 14.2. The van der Waals surface area contributed by atoms with Crippen LogP contribution >= 0.6 is 0 Å². The summed E-state index contributed by atoms with van der Waals surface area (Å²) in [6.45, 7) is 4.55. The highest BCUT2D eigenvalue weighted by atomic mass is 19.3. The van der Waals surface area contributed by atoms with Crippen molar-refractivity contribution in [1.82, 2.24) is 0 Å². The Morgan fingerprint density at radius 1 is 0.897 bits per heavy atom. The first kappa shape index (κ1) is 22.7. The molecule has 2 aliphatic carbocycles. The summed E-state index contributed by atoms with van der Waals surface area (Å²) in [6, 6.07) is 6.90. The molecule has 3 rings (SSSR count). The van der Waals surface area contributed by atoms with Crippen LogP contribution in [0.3, 0.4) is 0 Å². The van der Waals surface area contributed by atoms with E-state index in [2.05, 4.69) is 6.92 Å². The second kappa shape index (κ2) is 10.3. The highest BCUT2D eigenvalue weighted by molar-refractivity contribution is 5.28. The quantitative estimate of drug-likeness (QED) is 0.422. The third kappa shape index (κ3) is 5.77. The van der Waals surface area contributed by atoms with Gasteiger partial charge < -0.3 is 4.74 Å². The third-order valence-corrected chi connectivity index (χ3v) is 7.21. The first-order valence-corrected chi connectivity index (χ1v) is 11.7. The van der Waals surface area contributed by atoms with E-state index in [1.165, 1.54) is 44.1 Å². The van der Waals surface area contributed by atoms with E-state index >= 15 is 0 Å². The number of halogens is 3. The molecule has 164 valence electrons. The predicted molar refractivity (Wildman–Crippen MR) is 112 cm³/mol. The van der Waals surface area contributed by atoms with Crippen LogP contribution in [0.15, 0.2) is 24.3 Å². The lowest BCUT2D eigenvalue weighted by atomic mass is 9.69. The summed E-state index contributed by atoms with van der Waals surface area (Å²) in [7, 11) is 0. The molecule has 0 heterocycles. The fourth-order valence-corrected chi connectivity index (χ4v) is 5.53. The number of hydrogen-bond donors (Lipinski definition) is 0. The van der Waals surface area contributed by atoms with Crippen LogP contribution in [0.4, 0.5) is 13.2 Å². The summed E-state index contributed by atoms with van der Waals surface area (Å²) in [6.07, 6.45) is 7.91. The Kier molecular flexibility index (Phi) is 8.07. The van der Waals surface area contributed by atoms with Crippen LogP contribution in [0.25, 0.3) is 0 Å². The van der Waals surface area contributed by atoms with E-state index in [4.69, 9.17) is 4.74 Å². The number of rotatable bonds is 8. The number of alkyl halides is 3. The minimum atomic E-state index is -3.28. The van der Waals surface area contributed by atoms with Gasteiger partial charge in [-0.15, -0.1) is 0 Å². The second-order valence-corrected chi connectivity index (χ2v) is 9.14. The number of hydrogen-bond acceptors (Lipinski definition) is 1. The van der Waals surface area contributed by atoms with E-state index in [9.17, 15) is 13.2 Å². The van der Waals surface area contributed by atoms with Crippen LogP contribution in [0.1, 0.15) is 101 Å². The van der Waals surface area contributed by atoms with Crippen LogP contribution in [-0.4, -0.2) is 18.6 Å². The van der Waals surface area contributed by atoms with E-state index in [-0.39, 0.29) is 12.0 Å². The van der Waals surface area contributed by atoms with Crippen LogP contribution in [-0.2, 0) is 4.74 Å². The third-order valence-electron chi connectivity index (χ3n) is 7.21. The number of benzene rings is 1. The maximum atomic E-state index is 14.2. The summed E-state index contributed by atoms with van der Waals surface area (Å²) in [5.41, 5.74) is 1.28. The molecule has 0 spiro atoms. The highest BCUT2D eigenvalue weighted by Crippen LogP contribution is 2.44. The lowest BCUT2D eigenvalue weighted by Crippen LogP contribution is -2.28. The topological polar surface area (TPSA) is 9.23 Å². The van der Waals surface area contributed by atoms with E-state index in [0.29, 0.717) is 12.0 Å². The first-order valence-electron chi connectivity index (χ1n) is 11.7. The number of ether oxygens (including phenoxy) is 1. The molecule has 2 aliphatic rings. The second-order valence-electron chi connectivity index (χ2n) is 9.14. The van der Waals surface area contributed by atoms with Gasteiger partial charge in [-0.3, -0.25) is 0 Å². The molecule has 0 bridgehead atoms. The van der Waals surface area contributed by atoms with Crippen LogP contribution in [0.2, 0.25) is 0 Å². The van der Waals surface area contributed by atoms with Crippen molar-refractivity contribution in [2.75, 3.05) is 6.61 Å². The normalized spacial score (nSPS) is 29.6. The van der Waals surface area contributed by atoms with Gasteiger partial charge in [0.2, 0.25) is 0 Å². The van der Waals surface area contributed by atoms with Gasteiger partial charge in [-0.1, -0.05) is 37.6 Å². The van der Waals surface area contributed by atoms with Gasteiger partial charge in [0.15, 0.2) is 6.17 Å². The van der Waals surface area contributed by atoms with E-state index in [0.717, 1.165) is 31.3 Å². The van der Waals surface area contributed by atoms with Gasteiger partial charge in [0.1, 0.15) is 0 Å². The van der Waals surface area contributed by atoms with Gasteiger partial charge in [0, 0.05) is 13.0 Å². The van der Waals surface area contributed by atoms with Gasteiger partial charge in [0.05, 0.1) is 6.10 Å². The molecule has 1 aromatic carbocycles. The van der Waals surface area contributed by atoms with Crippen molar-refractivity contribution in [3.8, 4) is 0 Å². The molecule has 29 heavy (non-hydrogen) atoms. The van der Waals surface area contributed by atoms with E-state index < -0.39 is 18.5 Å². The molecular weight excluding hydrogens is 373 g/mol. The van der Waals surface area contributed by atoms with Crippen molar-refractivity contribution in [2.24, 2.45) is 11.8 Å². The summed E-state index contributed by atoms with van der Waals surface area (Å²) in [4.78, 5) is 0. The molecule has 0 N–H and O–H groups in total. The van der Waals surface area contributed by atoms with E-state index in [1.807, 2.05) is 12.1 Å². The molecule has 1 nitrogen and oxygen atoms in total. The fourth-order valence-electron chi connectivity index (χ4n) is 5.53. The Balaban J connectivity index is 1.50. The van der Waals surface area contributed by atoms with Gasteiger partial charge in [-0.2, -0.15) is 0 Å². The predicted octanol–water partition coefficient (Wildman–Crippen LogP) is 8.00. The van der Waals surface area contributed by atoms with Crippen molar-refractivity contribution in [3.05, 3.63) is 35.4 Å². The first-order chi connectivity index (χ1) is 13.9. The molecule has 1 atom stereocenters. The highest BCUT2D eigenvalue weighted by Gasteiger charge is 2.40. The van der Waals surface area contributed by atoms with Crippen molar-refractivity contribution >= 4 is 0 Å². The lowest BCUT2D eigenvalue weighted by molar-refractivity contribution is -0.0807. The molecule has 2 saturated carbocycles. The van der Waals surface area contributed by atoms with Crippen molar-refractivity contribution in [3.63, 3.8) is 0 Å². The van der Waals surface area contributed by atoms with Gasteiger partial charge in [-0.05, 0) is 87.2 Å². The Morgan fingerprint density at radius 2 is 1.45 bits per heavy atom. The van der Waals surface area contributed by atoms with Crippen molar-refractivity contribution < 1.29 is 17.9 Å². The zero-order chi connectivity index (χ0) is 20.9. The van der Waals surface area contributed by atoms with Crippen molar-refractivity contribution in [2.45, 2.75) is 102 Å². The zero-order valence-electron chi connectivity index (χ0n) is 18.0. The average molecular weight is 411 g/mol. The molecule has 0 radical (unpaired) electrons. The standard InChI is InChI=1S/C25H37F3O/c1-3-17-25(27,28)24(26)22-11-9-20(10-12-22)18-5-7-19(8-6-18)21-13-15-23(16-14-21)29-4-2/h9-12,18-19,21,23-24H,3-8,13-17H2,1-2H3. The molecule has 1 aromatic rings. The minimum absolute atomic E-state index is 0.104. The van der Waals surface area contributed by atoms with Gasteiger partial charge in [-0.25, -0.2) is 13.2 Å². The molecule has 0 aliphatic heterocycles. The molecule has 1 unspecified atom stereocenters. The summed E-state index contributed by atoms with van der Waals surface area (Å²) < 4.78 is 47.8. The Bertz CT molecular complexity index is 599. The molecule has 0 saturated heterocycles. The van der Waals surface area contributed by atoms with Crippen LogP contribution < -0.4 is 0 Å². The van der Waals surface area contributed by atoms with E-state index in [1.54, 1.807) is 19.1 Å². The Labute approximate surface area is 174 Å². The summed E-state index contributed by atoms with van der Waals surface area (Å²) >= 11 is 0. The molecule has 4 heteroatoms. The molecule has 0 aromatic heterocycles. The smallest absolute Gasteiger partial charge is 0.282 e. The monoisotopic (exact) mass is 410 g/mol. The average Bonchev–Trinajstić information content (AvgIpc) is 2.74. The zero-order valence-corrected chi connectivity index (χ0v) is 18.0. The van der Waals surface area contributed by atoms with Crippen molar-refractivity contribution in [1.29, 1.82) is 0 Å². The van der Waals surface area contributed by atoms with Crippen LogP contribution in [0, 0.1) is 11.8 Å². The fraction of sp³-hybridized carbons (Fsp3) is 0.760. The Hall–Kier alpha value is -1.03. The Morgan fingerprint density at radius 3 is 1.97 bits per heavy atom. The van der Waals surface area contributed by atoms with Gasteiger partial charge in [0.25, 0.3) is 5.92 Å². The summed E-state index contributed by atoms with van der Waals surface area (Å²) in [5, 5.41) is 0. The minimum Gasteiger partial charge on any atom is -0.379 e. The largest absolute Gasteiger partial charge is 0.379 e. The maximum Gasteiger partial charge on any atom is 0.282 e. The lowest BCUT2D eigenvalue weighted by Gasteiger charge is -2.38. The SMILES string of the molecule is CCCC(F)(F)C(F)c1ccc(C2CCC(C3CCC(OCC)CC3)CC2)cc1. The van der Waals surface area contributed by atoms with Crippen LogP contribution in [0.5, 0.6) is 0 Å². The molecule has 0 amide bonds. The molecular formula is C25H37F3O.